The molecule has 318 valence electrons. The van der Waals surface area contributed by atoms with Gasteiger partial charge in [0.15, 0.2) is 22.8 Å². The van der Waals surface area contributed by atoms with Gasteiger partial charge in [0.2, 0.25) is 11.8 Å². The number of aliphatic hydroxyl groups excluding tert-OH is 3. The van der Waals surface area contributed by atoms with Crippen molar-refractivity contribution in [3.8, 4) is 0 Å². The molecule has 2 amide bonds. The van der Waals surface area contributed by atoms with Crippen LogP contribution in [-0.2, 0) is 50.7 Å². The SMILES string of the molecule is CC(C)C(O)CC(=O)SCCNC(=O)CCNC(=O)[C@H](O)C(C)(C)COP(=O)(O)OP(=O)(O)OC[C@H]1O[C@@H](n2cnc3c(N)ncnc32)[C@H](O)[C@@H]1OP(=O)(O)O. The first-order chi connectivity index (χ1) is 25.8. The summed E-state index contributed by atoms with van der Waals surface area (Å²) >= 11 is 0.956. The Kier molecular flexibility index (Phi) is 17.1. The fourth-order valence-corrected chi connectivity index (χ4v) is 8.31. The lowest BCUT2D eigenvalue weighted by Crippen LogP contribution is -2.46. The van der Waals surface area contributed by atoms with E-state index in [0.717, 1.165) is 29.0 Å². The van der Waals surface area contributed by atoms with Crippen LogP contribution in [0.1, 0.15) is 46.8 Å². The second kappa shape index (κ2) is 20.0. The molecule has 0 bridgehead atoms. The number of ether oxygens (including phenoxy) is 1. The van der Waals surface area contributed by atoms with E-state index in [9.17, 15) is 63.0 Å². The number of aromatic nitrogens is 4. The summed E-state index contributed by atoms with van der Waals surface area (Å²) in [6.45, 7) is 3.92. The van der Waals surface area contributed by atoms with Crippen LogP contribution >= 0.6 is 35.2 Å². The number of carbonyl (C=O) groups excluding carboxylic acids is 3. The van der Waals surface area contributed by atoms with Crippen molar-refractivity contribution in [2.24, 2.45) is 11.3 Å². The number of nitrogens with zero attached hydrogens (tertiary/aromatic N) is 4. The highest BCUT2D eigenvalue weighted by molar-refractivity contribution is 8.13. The molecule has 0 spiro atoms. The lowest BCUT2D eigenvalue weighted by molar-refractivity contribution is -0.137. The van der Waals surface area contributed by atoms with E-state index in [1.807, 2.05) is 0 Å². The van der Waals surface area contributed by atoms with Gasteiger partial charge in [-0.15, -0.1) is 0 Å². The van der Waals surface area contributed by atoms with E-state index >= 15 is 0 Å². The summed E-state index contributed by atoms with van der Waals surface area (Å²) in [4.78, 5) is 87.4. The van der Waals surface area contributed by atoms with E-state index in [1.165, 1.54) is 13.8 Å². The molecule has 1 saturated heterocycles. The average Bonchev–Trinajstić information content (AvgIpc) is 3.64. The number of thioether (sulfide) groups is 1. The summed E-state index contributed by atoms with van der Waals surface area (Å²) in [5.74, 6) is -1.33. The highest BCUT2D eigenvalue weighted by atomic mass is 32.2. The number of fused-ring (bicyclic) bond motifs is 1. The fraction of sp³-hybridized carbons (Fsp3) is 0.704. The largest absolute Gasteiger partial charge is 0.481 e. The molecular weight excluding hydrogens is 835 g/mol. The van der Waals surface area contributed by atoms with Crippen LogP contribution in [0.25, 0.3) is 11.2 Å². The van der Waals surface area contributed by atoms with E-state index in [-0.39, 0.29) is 59.7 Å². The molecule has 3 rings (SSSR count). The van der Waals surface area contributed by atoms with Crippen LogP contribution in [0.4, 0.5) is 5.82 Å². The Labute approximate surface area is 323 Å². The molecule has 0 aliphatic carbocycles. The predicted molar refractivity (Wildman–Crippen MR) is 193 cm³/mol. The summed E-state index contributed by atoms with van der Waals surface area (Å²) in [5.41, 5.74) is 4.23. The normalized spacial score (nSPS) is 22.4. The maximum Gasteiger partial charge on any atom is 0.481 e. The third kappa shape index (κ3) is 14.4. The fourth-order valence-electron chi connectivity index (χ4n) is 4.76. The lowest BCUT2D eigenvalue weighted by Gasteiger charge is -2.30. The minimum Gasteiger partial charge on any atom is -0.392 e. The number of aliphatic hydroxyl groups is 3. The summed E-state index contributed by atoms with van der Waals surface area (Å²) in [6, 6.07) is 0. The molecule has 3 heterocycles. The van der Waals surface area contributed by atoms with Gasteiger partial charge in [0, 0.05) is 37.1 Å². The number of nitrogens with two attached hydrogens (primary N) is 1. The molecule has 0 radical (unpaired) electrons. The van der Waals surface area contributed by atoms with E-state index < -0.39 is 90.7 Å². The highest BCUT2D eigenvalue weighted by Gasteiger charge is 2.50. The van der Waals surface area contributed by atoms with E-state index in [4.69, 9.17) is 19.5 Å². The van der Waals surface area contributed by atoms with Gasteiger partial charge in [-0.25, -0.2) is 28.6 Å². The number of nitrogen functional groups attached to an aromatic ring is 1. The topological polar surface area (TPSA) is 384 Å². The zero-order valence-electron chi connectivity index (χ0n) is 30.4. The van der Waals surface area contributed by atoms with Gasteiger partial charge in [-0.05, 0) is 5.92 Å². The van der Waals surface area contributed by atoms with Crippen LogP contribution in [0, 0.1) is 11.3 Å². The first-order valence-corrected chi connectivity index (χ1v) is 22.1. The molecular formula is C27H46N7O18P3S. The quantitative estimate of drug-likeness (QED) is 0.0504. The Morgan fingerprint density at radius 1 is 1.04 bits per heavy atom. The number of carbonyl (C=O) groups is 3. The molecule has 1 aliphatic rings. The van der Waals surface area contributed by atoms with Gasteiger partial charge >= 0.3 is 23.5 Å². The van der Waals surface area contributed by atoms with Crippen LogP contribution in [-0.4, -0.2) is 134 Å². The number of hydrogen-bond acceptors (Lipinski definition) is 19. The number of imidazole rings is 1. The Morgan fingerprint density at radius 3 is 2.34 bits per heavy atom. The number of phosphoric ester groups is 3. The number of amides is 2. The first kappa shape index (κ1) is 47.9. The van der Waals surface area contributed by atoms with E-state index in [2.05, 4.69) is 34.4 Å². The smallest absolute Gasteiger partial charge is 0.392 e. The van der Waals surface area contributed by atoms with Crippen molar-refractivity contribution in [1.82, 2.24) is 30.2 Å². The lowest BCUT2D eigenvalue weighted by atomic mass is 9.87. The summed E-state index contributed by atoms with van der Waals surface area (Å²) in [6.07, 6.45) is -7.77. The molecule has 29 heteroatoms. The monoisotopic (exact) mass is 881 g/mol. The van der Waals surface area contributed by atoms with Gasteiger partial charge < -0.3 is 56.0 Å². The minimum absolute atomic E-state index is 0.0157. The Bertz CT molecular complexity index is 1830. The third-order valence-corrected chi connectivity index (χ3v) is 11.9. The minimum atomic E-state index is -5.58. The summed E-state index contributed by atoms with van der Waals surface area (Å²) in [7, 11) is -16.4. The third-order valence-electron chi connectivity index (χ3n) is 7.91. The van der Waals surface area contributed by atoms with Crippen molar-refractivity contribution in [2.45, 2.75) is 77.3 Å². The molecule has 56 heavy (non-hydrogen) atoms. The number of anilines is 1. The molecule has 11 N–H and O–H groups in total. The van der Waals surface area contributed by atoms with Gasteiger partial charge in [0.1, 0.15) is 36.3 Å². The molecule has 2 aromatic heterocycles. The van der Waals surface area contributed by atoms with Crippen molar-refractivity contribution >= 4 is 69.1 Å². The molecule has 0 saturated carbocycles. The van der Waals surface area contributed by atoms with Crippen molar-refractivity contribution in [3.05, 3.63) is 12.7 Å². The van der Waals surface area contributed by atoms with Gasteiger partial charge in [-0.1, -0.05) is 39.5 Å². The van der Waals surface area contributed by atoms with Crippen molar-refractivity contribution < 1.29 is 85.6 Å². The number of phosphoric acid groups is 3. The molecule has 25 nitrogen and oxygen atoms in total. The van der Waals surface area contributed by atoms with Gasteiger partial charge in [0.05, 0.1) is 25.6 Å². The average molecular weight is 882 g/mol. The van der Waals surface area contributed by atoms with Crippen molar-refractivity contribution in [2.75, 3.05) is 37.8 Å². The molecule has 1 aliphatic heterocycles. The van der Waals surface area contributed by atoms with Crippen LogP contribution in [0.3, 0.4) is 0 Å². The second-order valence-corrected chi connectivity index (χ2v) is 18.7. The number of rotatable bonds is 22. The standard InChI is InChI=1S/C27H46N7O18P3S/c1-14(2)15(35)9-18(37)56-8-7-29-17(36)5-6-30-25(40)22(39)27(3,4)11-49-55(46,47)52-54(44,45)48-10-16-21(51-53(41,42)43)20(38)26(50-16)34-13-33-19-23(28)31-12-32-24(19)34/h12-16,20-22,26,35,38-39H,5-11H2,1-4H3,(H,29,36)(H,30,40)(H,44,45)(H,46,47)(H2,28,31,32)(H2,41,42,43)/t15?,16-,20-,21-,22+,26-/m1/s1. The molecule has 3 unspecified atom stereocenters. The van der Waals surface area contributed by atoms with Crippen LogP contribution in [0.5, 0.6) is 0 Å². The molecule has 2 aromatic rings. The first-order valence-electron chi connectivity index (χ1n) is 16.5. The molecule has 8 atom stereocenters. The maximum absolute atomic E-state index is 12.7. The van der Waals surface area contributed by atoms with Crippen molar-refractivity contribution in [1.29, 1.82) is 0 Å². The van der Waals surface area contributed by atoms with E-state index in [0.29, 0.717) is 0 Å². The summed E-state index contributed by atoms with van der Waals surface area (Å²) in [5, 5.41) is 35.8. The zero-order valence-corrected chi connectivity index (χ0v) is 33.9. The Morgan fingerprint density at radius 2 is 1.70 bits per heavy atom. The predicted octanol–water partition coefficient (Wildman–Crippen LogP) is -0.928. The highest BCUT2D eigenvalue weighted by Crippen LogP contribution is 2.61. The van der Waals surface area contributed by atoms with Crippen molar-refractivity contribution in [3.63, 3.8) is 0 Å². The van der Waals surface area contributed by atoms with Crippen LogP contribution in [0.15, 0.2) is 12.7 Å². The molecule has 0 aromatic carbocycles. The Hall–Kier alpha value is -2.48. The van der Waals surface area contributed by atoms with Gasteiger partial charge in [-0.2, -0.15) is 4.31 Å². The maximum atomic E-state index is 12.7. The zero-order chi connectivity index (χ0) is 42.2. The number of nitrogens with one attached hydrogen (secondary N) is 2. The van der Waals surface area contributed by atoms with Crippen LogP contribution in [0.2, 0.25) is 0 Å². The van der Waals surface area contributed by atoms with Crippen LogP contribution < -0.4 is 16.4 Å². The second-order valence-electron chi connectivity index (χ2n) is 13.3. The van der Waals surface area contributed by atoms with E-state index in [1.54, 1.807) is 13.8 Å². The van der Waals surface area contributed by atoms with Gasteiger partial charge in [0.25, 0.3) is 0 Å². The van der Waals surface area contributed by atoms with Gasteiger partial charge in [-0.3, -0.25) is 32.5 Å². The summed E-state index contributed by atoms with van der Waals surface area (Å²) < 4.78 is 62.0. The number of hydrogen-bond donors (Lipinski definition) is 10. The Balaban J connectivity index is 1.48. The molecule has 1 fully saturated rings.